The number of fused-ring (bicyclic) bond motifs is 3. The van der Waals surface area contributed by atoms with E-state index in [0.717, 1.165) is 66.4 Å². The van der Waals surface area contributed by atoms with Crippen LogP contribution in [0.2, 0.25) is 0 Å². The van der Waals surface area contributed by atoms with E-state index in [1.165, 1.54) is 11.1 Å². The van der Waals surface area contributed by atoms with Crippen molar-refractivity contribution in [3.05, 3.63) is 170 Å². The number of nitrogens with zero attached hydrogens (tertiary/aromatic N) is 4. The van der Waals surface area contributed by atoms with Crippen molar-refractivity contribution in [1.29, 1.82) is 0 Å². The summed E-state index contributed by atoms with van der Waals surface area (Å²) in [6.07, 6.45) is 3.75. The number of hydrogen-bond donors (Lipinski definition) is 0. The van der Waals surface area contributed by atoms with Crippen LogP contribution in [0.4, 0.5) is 0 Å². The Morgan fingerprint density at radius 2 is 0.980 bits per heavy atom. The molecule has 0 radical (unpaired) electrons. The molecule has 0 unspecified atom stereocenters. The Hall–Kier alpha value is -6.72. The number of pyridine rings is 1. The predicted molar refractivity (Wildman–Crippen MR) is 202 cm³/mol. The van der Waals surface area contributed by atoms with E-state index in [1.807, 2.05) is 80.0 Å². The molecule has 9 rings (SSSR count). The van der Waals surface area contributed by atoms with E-state index < -0.39 is 0 Å². The molecule has 0 saturated carbocycles. The molecule has 0 spiro atoms. The fourth-order valence-corrected chi connectivity index (χ4v) is 6.60. The number of rotatable bonds is 6. The lowest BCUT2D eigenvalue weighted by Gasteiger charge is -2.10. The van der Waals surface area contributed by atoms with Crippen molar-refractivity contribution in [2.45, 2.75) is 6.92 Å². The standard InChI is InChI=1S/C45H30N4O/c1-29-23-37(28-46-27-29)33-16-9-18-35(25-33)44-47-43(31-13-6-3-7-14-31)48-45(49-44)36-21-22-39-41(26-36)50-40-20-10-19-38(42(39)40)34-17-8-15-32(24-34)30-11-4-2-5-12-30/h2-28H,1H3. The third-order valence-electron chi connectivity index (χ3n) is 9.03. The number of benzene rings is 6. The van der Waals surface area contributed by atoms with Crippen LogP contribution in [0.25, 0.3) is 89.5 Å². The highest BCUT2D eigenvalue weighted by molar-refractivity contribution is 6.13. The van der Waals surface area contributed by atoms with Gasteiger partial charge < -0.3 is 4.42 Å². The van der Waals surface area contributed by atoms with Crippen LogP contribution < -0.4 is 0 Å². The van der Waals surface area contributed by atoms with E-state index in [0.29, 0.717) is 17.5 Å². The van der Waals surface area contributed by atoms with E-state index in [4.69, 9.17) is 19.4 Å². The second kappa shape index (κ2) is 12.4. The first-order valence-electron chi connectivity index (χ1n) is 16.6. The van der Waals surface area contributed by atoms with Gasteiger partial charge in [-0.2, -0.15) is 0 Å². The molecule has 5 nitrogen and oxygen atoms in total. The first-order chi connectivity index (χ1) is 24.7. The van der Waals surface area contributed by atoms with Gasteiger partial charge in [-0.1, -0.05) is 115 Å². The molecule has 50 heavy (non-hydrogen) atoms. The normalized spacial score (nSPS) is 11.3. The van der Waals surface area contributed by atoms with Crippen molar-refractivity contribution in [2.75, 3.05) is 0 Å². The highest BCUT2D eigenvalue weighted by atomic mass is 16.3. The lowest BCUT2D eigenvalue weighted by molar-refractivity contribution is 0.669. The van der Waals surface area contributed by atoms with Crippen LogP contribution in [0.5, 0.6) is 0 Å². The van der Waals surface area contributed by atoms with Gasteiger partial charge in [-0.25, -0.2) is 15.0 Å². The van der Waals surface area contributed by atoms with Crippen LogP contribution in [0, 0.1) is 6.92 Å². The zero-order chi connectivity index (χ0) is 33.4. The SMILES string of the molecule is Cc1cncc(-c2cccc(-c3nc(-c4ccccc4)nc(-c4ccc5c(c4)oc4cccc(-c6cccc(-c7ccccc7)c6)c45)n3)c2)c1. The molecule has 236 valence electrons. The zero-order valence-electron chi connectivity index (χ0n) is 27.3. The molecule has 5 heteroatoms. The maximum Gasteiger partial charge on any atom is 0.164 e. The maximum atomic E-state index is 6.52. The van der Waals surface area contributed by atoms with E-state index in [1.54, 1.807) is 0 Å². The van der Waals surface area contributed by atoms with Crippen LogP contribution in [-0.4, -0.2) is 19.9 Å². The highest BCUT2D eigenvalue weighted by Crippen LogP contribution is 2.39. The van der Waals surface area contributed by atoms with Gasteiger partial charge in [0.05, 0.1) is 0 Å². The molecule has 0 amide bonds. The smallest absolute Gasteiger partial charge is 0.164 e. The molecule has 9 aromatic rings. The maximum absolute atomic E-state index is 6.52. The minimum Gasteiger partial charge on any atom is -0.456 e. The second-order valence-electron chi connectivity index (χ2n) is 12.4. The van der Waals surface area contributed by atoms with Crippen LogP contribution in [-0.2, 0) is 0 Å². The van der Waals surface area contributed by atoms with Crippen molar-refractivity contribution >= 4 is 21.9 Å². The molecule has 3 aromatic heterocycles. The lowest BCUT2D eigenvalue weighted by atomic mass is 9.96. The first-order valence-corrected chi connectivity index (χ1v) is 16.6. The molecule has 0 fully saturated rings. The number of hydrogen-bond acceptors (Lipinski definition) is 5. The minimum absolute atomic E-state index is 0.578. The molecule has 6 aromatic carbocycles. The average molecular weight is 643 g/mol. The molecule has 3 heterocycles. The number of aryl methyl sites for hydroxylation is 1. The first kappa shape index (κ1) is 29.4. The summed E-state index contributed by atoms with van der Waals surface area (Å²) in [6.45, 7) is 2.05. The highest BCUT2D eigenvalue weighted by Gasteiger charge is 2.17. The van der Waals surface area contributed by atoms with Crippen molar-refractivity contribution in [3.8, 4) is 67.5 Å². The fourth-order valence-electron chi connectivity index (χ4n) is 6.60. The van der Waals surface area contributed by atoms with Crippen LogP contribution >= 0.6 is 0 Å². The van der Waals surface area contributed by atoms with Gasteiger partial charge in [-0.05, 0) is 76.7 Å². The monoisotopic (exact) mass is 642 g/mol. The summed E-state index contributed by atoms with van der Waals surface area (Å²) in [6, 6.07) is 52.1. The summed E-state index contributed by atoms with van der Waals surface area (Å²) in [5, 5.41) is 2.13. The molecular weight excluding hydrogens is 613 g/mol. The molecule has 0 N–H and O–H groups in total. The zero-order valence-corrected chi connectivity index (χ0v) is 27.3. The Bertz CT molecular complexity index is 2660. The Labute approximate surface area is 289 Å². The minimum atomic E-state index is 0.578. The summed E-state index contributed by atoms with van der Waals surface area (Å²) in [4.78, 5) is 19.4. The topological polar surface area (TPSA) is 64.7 Å². The molecule has 0 saturated heterocycles. The quantitative estimate of drug-likeness (QED) is 0.181. The summed E-state index contributed by atoms with van der Waals surface area (Å²) in [5.74, 6) is 1.79. The summed E-state index contributed by atoms with van der Waals surface area (Å²) < 4.78 is 6.52. The molecule has 0 aliphatic rings. The molecule has 0 bridgehead atoms. The van der Waals surface area contributed by atoms with E-state index in [-0.39, 0.29) is 0 Å². The summed E-state index contributed by atoms with van der Waals surface area (Å²) in [7, 11) is 0. The Balaban J connectivity index is 1.16. The number of furan rings is 1. The van der Waals surface area contributed by atoms with Gasteiger partial charge in [0.25, 0.3) is 0 Å². The Morgan fingerprint density at radius 1 is 0.400 bits per heavy atom. The summed E-state index contributed by atoms with van der Waals surface area (Å²) in [5.41, 5.74) is 12.1. The van der Waals surface area contributed by atoms with Crippen molar-refractivity contribution in [2.24, 2.45) is 0 Å². The predicted octanol–water partition coefficient (Wildman–Crippen LogP) is 11.5. The van der Waals surface area contributed by atoms with Gasteiger partial charge in [-0.3, -0.25) is 4.98 Å². The third kappa shape index (κ3) is 5.51. The van der Waals surface area contributed by atoms with Crippen molar-refractivity contribution in [3.63, 3.8) is 0 Å². The third-order valence-corrected chi connectivity index (χ3v) is 9.03. The van der Waals surface area contributed by atoms with E-state index in [2.05, 4.69) is 96.0 Å². The van der Waals surface area contributed by atoms with Crippen LogP contribution in [0.3, 0.4) is 0 Å². The Morgan fingerprint density at radius 3 is 1.72 bits per heavy atom. The molecule has 0 aliphatic carbocycles. The van der Waals surface area contributed by atoms with Crippen molar-refractivity contribution in [1.82, 2.24) is 19.9 Å². The largest absolute Gasteiger partial charge is 0.456 e. The van der Waals surface area contributed by atoms with E-state index in [9.17, 15) is 0 Å². The fraction of sp³-hybridized carbons (Fsp3) is 0.0222. The van der Waals surface area contributed by atoms with Crippen LogP contribution in [0.15, 0.2) is 168 Å². The summed E-state index contributed by atoms with van der Waals surface area (Å²) >= 11 is 0. The van der Waals surface area contributed by atoms with Gasteiger partial charge in [0, 0.05) is 45.4 Å². The van der Waals surface area contributed by atoms with Crippen molar-refractivity contribution < 1.29 is 4.42 Å². The van der Waals surface area contributed by atoms with Gasteiger partial charge >= 0.3 is 0 Å². The van der Waals surface area contributed by atoms with Gasteiger partial charge in [-0.15, -0.1) is 0 Å². The van der Waals surface area contributed by atoms with Gasteiger partial charge in [0.1, 0.15) is 11.2 Å². The van der Waals surface area contributed by atoms with Gasteiger partial charge in [0.15, 0.2) is 17.5 Å². The molecular formula is C45H30N4O. The van der Waals surface area contributed by atoms with Gasteiger partial charge in [0.2, 0.25) is 0 Å². The Kier molecular flexibility index (Phi) is 7.29. The van der Waals surface area contributed by atoms with Crippen LogP contribution in [0.1, 0.15) is 5.56 Å². The second-order valence-corrected chi connectivity index (χ2v) is 12.4. The van der Waals surface area contributed by atoms with E-state index >= 15 is 0 Å². The number of aromatic nitrogens is 4. The molecule has 0 aliphatic heterocycles. The molecule has 0 atom stereocenters. The average Bonchev–Trinajstić information content (AvgIpc) is 3.57. The lowest BCUT2D eigenvalue weighted by Crippen LogP contribution is -2.00.